The maximum Gasteiger partial charge on any atom is 0.273 e. The van der Waals surface area contributed by atoms with Gasteiger partial charge in [0.25, 0.3) is 5.91 Å². The topological polar surface area (TPSA) is 38.1 Å². The van der Waals surface area contributed by atoms with E-state index in [0.29, 0.717) is 5.69 Å². The number of aromatic nitrogens is 2. The van der Waals surface area contributed by atoms with Crippen LogP contribution in [0.1, 0.15) is 43.1 Å². The van der Waals surface area contributed by atoms with Gasteiger partial charge in [0.15, 0.2) is 0 Å². The minimum Gasteiger partial charge on any atom is -0.339 e. The van der Waals surface area contributed by atoms with Gasteiger partial charge in [0.2, 0.25) is 0 Å². The highest BCUT2D eigenvalue weighted by atomic mass is 32.1. The van der Waals surface area contributed by atoms with Crippen molar-refractivity contribution in [2.75, 3.05) is 13.1 Å². The van der Waals surface area contributed by atoms with Crippen LogP contribution in [0.5, 0.6) is 0 Å². The molecule has 0 saturated carbocycles. The molecule has 1 fully saturated rings. The first-order valence-corrected chi connectivity index (χ1v) is 9.99. The van der Waals surface area contributed by atoms with Crippen LogP contribution in [0, 0.1) is 0 Å². The SMILES string of the molecule is CCn1c(-c2nc(C(=O)N3CCCCCC3)cs2)cc2ccccc21. The zero-order valence-electron chi connectivity index (χ0n) is 14.6. The van der Waals surface area contributed by atoms with Gasteiger partial charge in [0.1, 0.15) is 10.7 Å². The number of aryl methyl sites for hydroxylation is 1. The minimum atomic E-state index is 0.0866. The molecule has 0 bridgehead atoms. The Balaban J connectivity index is 1.66. The number of benzene rings is 1. The molecular formula is C20H23N3OS. The second-order valence-electron chi connectivity index (χ2n) is 6.58. The standard InChI is InChI=1S/C20H23N3OS/c1-2-23-17-10-6-5-9-15(17)13-18(23)19-21-16(14-25-19)20(24)22-11-7-3-4-8-12-22/h5-6,9-10,13-14H,2-4,7-8,11-12H2,1H3. The molecule has 0 spiro atoms. The molecule has 3 aromatic rings. The molecule has 1 aliphatic heterocycles. The Hall–Kier alpha value is -2.14. The van der Waals surface area contributed by atoms with Gasteiger partial charge >= 0.3 is 0 Å². The van der Waals surface area contributed by atoms with E-state index < -0.39 is 0 Å². The monoisotopic (exact) mass is 353 g/mol. The van der Waals surface area contributed by atoms with Crippen LogP contribution < -0.4 is 0 Å². The van der Waals surface area contributed by atoms with E-state index in [-0.39, 0.29) is 5.91 Å². The van der Waals surface area contributed by atoms with Gasteiger partial charge in [0, 0.05) is 35.9 Å². The van der Waals surface area contributed by atoms with Crippen molar-refractivity contribution < 1.29 is 4.79 Å². The first-order chi connectivity index (χ1) is 12.3. The Kier molecular flexibility index (Phi) is 4.57. The second-order valence-corrected chi connectivity index (χ2v) is 7.44. The van der Waals surface area contributed by atoms with Crippen LogP contribution in [-0.4, -0.2) is 33.4 Å². The zero-order chi connectivity index (χ0) is 17.2. The fourth-order valence-electron chi connectivity index (χ4n) is 3.65. The Morgan fingerprint density at radius 1 is 1.16 bits per heavy atom. The Bertz CT molecular complexity index is 887. The number of fused-ring (bicyclic) bond motifs is 1. The highest BCUT2D eigenvalue weighted by molar-refractivity contribution is 7.13. The molecule has 3 heterocycles. The third-order valence-corrected chi connectivity index (χ3v) is 5.83. The molecule has 0 unspecified atom stereocenters. The van der Waals surface area contributed by atoms with Gasteiger partial charge in [-0.25, -0.2) is 4.98 Å². The third-order valence-electron chi connectivity index (χ3n) is 4.96. The number of carbonyl (C=O) groups is 1. The van der Waals surface area contributed by atoms with Crippen molar-refractivity contribution in [1.29, 1.82) is 0 Å². The number of para-hydroxylation sites is 1. The van der Waals surface area contributed by atoms with Gasteiger partial charge in [0.05, 0.1) is 5.69 Å². The molecule has 1 amide bonds. The maximum atomic E-state index is 12.8. The lowest BCUT2D eigenvalue weighted by molar-refractivity contribution is 0.0756. The lowest BCUT2D eigenvalue weighted by atomic mass is 10.2. The van der Waals surface area contributed by atoms with Crippen molar-refractivity contribution in [3.05, 3.63) is 41.4 Å². The van der Waals surface area contributed by atoms with Crippen LogP contribution in [-0.2, 0) is 6.54 Å². The van der Waals surface area contributed by atoms with E-state index in [1.165, 1.54) is 23.7 Å². The number of thiazole rings is 1. The number of hydrogen-bond donors (Lipinski definition) is 0. The molecule has 5 heteroatoms. The highest BCUT2D eigenvalue weighted by Crippen LogP contribution is 2.30. The van der Waals surface area contributed by atoms with Crippen LogP contribution in [0.15, 0.2) is 35.7 Å². The zero-order valence-corrected chi connectivity index (χ0v) is 15.4. The average molecular weight is 353 g/mol. The van der Waals surface area contributed by atoms with Gasteiger partial charge in [-0.3, -0.25) is 4.79 Å². The number of amides is 1. The molecule has 4 nitrogen and oxygen atoms in total. The summed E-state index contributed by atoms with van der Waals surface area (Å²) in [4.78, 5) is 19.5. The highest BCUT2D eigenvalue weighted by Gasteiger charge is 2.21. The van der Waals surface area contributed by atoms with Gasteiger partial charge in [-0.1, -0.05) is 31.0 Å². The molecule has 130 valence electrons. The van der Waals surface area contributed by atoms with Crippen molar-refractivity contribution in [2.24, 2.45) is 0 Å². The largest absolute Gasteiger partial charge is 0.339 e. The first-order valence-electron chi connectivity index (χ1n) is 9.11. The van der Waals surface area contributed by atoms with Gasteiger partial charge in [-0.15, -0.1) is 11.3 Å². The van der Waals surface area contributed by atoms with Crippen LogP contribution in [0.2, 0.25) is 0 Å². The number of rotatable bonds is 3. The lowest BCUT2D eigenvalue weighted by Gasteiger charge is -2.18. The summed E-state index contributed by atoms with van der Waals surface area (Å²) in [6.45, 7) is 4.76. The number of hydrogen-bond acceptors (Lipinski definition) is 3. The molecular weight excluding hydrogens is 330 g/mol. The van der Waals surface area contributed by atoms with E-state index in [0.717, 1.165) is 43.2 Å². The van der Waals surface area contributed by atoms with Gasteiger partial charge in [-0.05, 0) is 31.9 Å². The van der Waals surface area contributed by atoms with Crippen molar-refractivity contribution in [3.8, 4) is 10.7 Å². The van der Waals surface area contributed by atoms with Crippen molar-refractivity contribution in [3.63, 3.8) is 0 Å². The predicted molar refractivity (Wildman–Crippen MR) is 103 cm³/mol. The van der Waals surface area contributed by atoms with Crippen LogP contribution in [0.25, 0.3) is 21.6 Å². The fourth-order valence-corrected chi connectivity index (χ4v) is 4.47. The molecule has 0 N–H and O–H groups in total. The molecule has 1 saturated heterocycles. The molecule has 1 aliphatic rings. The van der Waals surface area contributed by atoms with E-state index in [4.69, 9.17) is 4.98 Å². The number of nitrogens with zero attached hydrogens (tertiary/aromatic N) is 3. The Morgan fingerprint density at radius 3 is 2.68 bits per heavy atom. The van der Waals surface area contributed by atoms with Crippen LogP contribution in [0.4, 0.5) is 0 Å². The summed E-state index contributed by atoms with van der Waals surface area (Å²) in [6, 6.07) is 10.6. The Labute approximate surface area is 152 Å². The summed E-state index contributed by atoms with van der Waals surface area (Å²) >= 11 is 1.57. The number of likely N-dealkylation sites (tertiary alicyclic amines) is 1. The molecule has 2 aromatic heterocycles. The summed E-state index contributed by atoms with van der Waals surface area (Å²) in [6.07, 6.45) is 4.66. The lowest BCUT2D eigenvalue weighted by Crippen LogP contribution is -2.32. The van der Waals surface area contributed by atoms with Gasteiger partial charge < -0.3 is 9.47 Å². The van der Waals surface area contributed by atoms with E-state index in [1.54, 1.807) is 11.3 Å². The maximum absolute atomic E-state index is 12.8. The summed E-state index contributed by atoms with van der Waals surface area (Å²) in [5.41, 5.74) is 2.91. The second kappa shape index (κ2) is 7.00. The fraction of sp³-hybridized carbons (Fsp3) is 0.400. The third kappa shape index (κ3) is 3.09. The molecule has 0 atom stereocenters. The Morgan fingerprint density at radius 2 is 1.92 bits per heavy atom. The molecule has 4 rings (SSSR count). The van der Waals surface area contributed by atoms with E-state index in [1.807, 2.05) is 10.3 Å². The summed E-state index contributed by atoms with van der Waals surface area (Å²) < 4.78 is 2.27. The van der Waals surface area contributed by atoms with Crippen molar-refractivity contribution in [2.45, 2.75) is 39.2 Å². The minimum absolute atomic E-state index is 0.0866. The van der Waals surface area contributed by atoms with E-state index in [9.17, 15) is 4.79 Å². The van der Waals surface area contributed by atoms with Crippen molar-refractivity contribution in [1.82, 2.24) is 14.5 Å². The van der Waals surface area contributed by atoms with E-state index in [2.05, 4.69) is 41.8 Å². The quantitative estimate of drug-likeness (QED) is 0.678. The normalized spacial score (nSPS) is 15.5. The molecule has 0 aliphatic carbocycles. The molecule has 25 heavy (non-hydrogen) atoms. The first kappa shape index (κ1) is 16.3. The number of carbonyl (C=O) groups excluding carboxylic acids is 1. The summed E-state index contributed by atoms with van der Waals surface area (Å²) in [7, 11) is 0. The van der Waals surface area contributed by atoms with Crippen LogP contribution >= 0.6 is 11.3 Å². The van der Waals surface area contributed by atoms with Gasteiger partial charge in [-0.2, -0.15) is 0 Å². The van der Waals surface area contributed by atoms with Crippen LogP contribution in [0.3, 0.4) is 0 Å². The summed E-state index contributed by atoms with van der Waals surface area (Å²) in [5, 5.41) is 4.06. The average Bonchev–Trinajstić information content (AvgIpc) is 3.17. The summed E-state index contributed by atoms with van der Waals surface area (Å²) in [5.74, 6) is 0.0866. The molecule has 0 radical (unpaired) electrons. The predicted octanol–water partition coefficient (Wildman–Crippen LogP) is 4.80. The molecule has 1 aromatic carbocycles. The van der Waals surface area contributed by atoms with E-state index >= 15 is 0 Å². The van der Waals surface area contributed by atoms with Crippen molar-refractivity contribution >= 4 is 28.1 Å². The smallest absolute Gasteiger partial charge is 0.273 e.